The maximum absolute atomic E-state index is 13.6. The Morgan fingerprint density at radius 2 is 2.08 bits per heavy atom. The van der Waals surface area contributed by atoms with Gasteiger partial charge in [-0.15, -0.1) is 16.8 Å². The lowest BCUT2D eigenvalue weighted by molar-refractivity contribution is -0.138. The van der Waals surface area contributed by atoms with Crippen LogP contribution in [0.4, 0.5) is 19.1 Å². The Labute approximate surface area is 212 Å². The molecule has 1 aliphatic rings. The number of nitrogens with zero attached hydrogens (tertiary/aromatic N) is 6. The molecule has 190 valence electrons. The number of alkyl halides is 3. The van der Waals surface area contributed by atoms with Gasteiger partial charge in [-0.25, -0.2) is 9.55 Å². The summed E-state index contributed by atoms with van der Waals surface area (Å²) in [6, 6.07) is 2.65. The largest absolute Gasteiger partial charge is 0.417 e. The van der Waals surface area contributed by atoms with Gasteiger partial charge in [0.1, 0.15) is 6.33 Å². The van der Waals surface area contributed by atoms with Crippen molar-refractivity contribution in [2.75, 3.05) is 5.32 Å². The van der Waals surface area contributed by atoms with Crippen molar-refractivity contribution in [1.82, 2.24) is 29.2 Å². The Morgan fingerprint density at radius 3 is 2.69 bits per heavy atom. The highest BCUT2D eigenvalue weighted by molar-refractivity contribution is 9.10. The maximum Gasteiger partial charge on any atom is 0.417 e. The van der Waals surface area contributed by atoms with Gasteiger partial charge in [0.2, 0.25) is 11.9 Å². The summed E-state index contributed by atoms with van der Waals surface area (Å²) in [5.74, 6) is -0.138. The minimum Gasteiger partial charge on any atom is -0.349 e. The van der Waals surface area contributed by atoms with Crippen LogP contribution in [-0.2, 0) is 26.2 Å². The monoisotopic (exact) mass is 565 g/mol. The van der Waals surface area contributed by atoms with E-state index in [4.69, 9.17) is 0 Å². The van der Waals surface area contributed by atoms with E-state index in [9.17, 15) is 22.8 Å². The summed E-state index contributed by atoms with van der Waals surface area (Å²) in [7, 11) is 1.69. The van der Waals surface area contributed by atoms with Gasteiger partial charge in [-0.1, -0.05) is 22.0 Å². The molecule has 0 radical (unpaired) electrons. The molecule has 0 fully saturated rings. The lowest BCUT2D eigenvalue weighted by atomic mass is 9.98. The molecule has 1 N–H and O–H groups in total. The predicted molar refractivity (Wildman–Crippen MR) is 130 cm³/mol. The van der Waals surface area contributed by atoms with Gasteiger partial charge in [-0.3, -0.25) is 9.59 Å². The topological polar surface area (TPSA) is 97.9 Å². The van der Waals surface area contributed by atoms with Crippen LogP contribution in [0.3, 0.4) is 0 Å². The van der Waals surface area contributed by atoms with E-state index in [1.54, 1.807) is 24.6 Å². The zero-order valence-corrected chi connectivity index (χ0v) is 21.3. The smallest absolute Gasteiger partial charge is 0.349 e. The van der Waals surface area contributed by atoms with Crippen molar-refractivity contribution in [3.63, 3.8) is 0 Å². The highest BCUT2D eigenvalue weighted by Crippen LogP contribution is 2.36. The van der Waals surface area contributed by atoms with E-state index >= 15 is 0 Å². The van der Waals surface area contributed by atoms with E-state index in [0.29, 0.717) is 11.3 Å². The van der Waals surface area contributed by atoms with Crippen LogP contribution in [0.25, 0.3) is 5.95 Å². The Morgan fingerprint density at radius 1 is 1.36 bits per heavy atom. The first kappa shape index (κ1) is 25.6. The number of benzene rings is 1. The second kappa shape index (κ2) is 9.52. The van der Waals surface area contributed by atoms with Gasteiger partial charge in [-0.2, -0.15) is 13.2 Å². The van der Waals surface area contributed by atoms with Gasteiger partial charge in [0.15, 0.2) is 0 Å². The molecule has 1 aromatic carbocycles. The molecule has 1 aliphatic heterocycles. The lowest BCUT2D eigenvalue weighted by Crippen LogP contribution is -2.46. The summed E-state index contributed by atoms with van der Waals surface area (Å²) >= 11 is 2.90. The van der Waals surface area contributed by atoms with Crippen molar-refractivity contribution in [3.8, 4) is 5.95 Å². The SMILES string of the molecule is C=C[C@H](C)Nc1nc2c(c(=O)n1-c1nncn1C)C[C@@H](C)N(C(=O)c1ccc(Br)c(C(F)(F)F)c1)C2. The number of rotatable bonds is 5. The number of nitrogens with one attached hydrogen (secondary N) is 1. The third-order valence-corrected chi connectivity index (χ3v) is 6.68. The van der Waals surface area contributed by atoms with E-state index in [0.717, 1.165) is 6.07 Å². The quantitative estimate of drug-likeness (QED) is 0.473. The number of carbonyl (C=O) groups is 1. The van der Waals surface area contributed by atoms with Crippen LogP contribution >= 0.6 is 15.9 Å². The van der Waals surface area contributed by atoms with Crippen molar-refractivity contribution < 1.29 is 18.0 Å². The van der Waals surface area contributed by atoms with Gasteiger partial charge < -0.3 is 14.8 Å². The molecule has 2 aromatic heterocycles. The molecule has 36 heavy (non-hydrogen) atoms. The first-order valence-corrected chi connectivity index (χ1v) is 11.8. The van der Waals surface area contributed by atoms with E-state index in [2.05, 4.69) is 43.0 Å². The summed E-state index contributed by atoms with van der Waals surface area (Å²) in [4.78, 5) is 32.9. The molecule has 0 unspecified atom stereocenters. The molecule has 0 saturated heterocycles. The molecular weight excluding hydrogens is 543 g/mol. The molecular formula is C23H23BrF3N7O2. The number of halogens is 4. The van der Waals surface area contributed by atoms with Crippen LogP contribution in [0.1, 0.15) is 41.0 Å². The van der Waals surface area contributed by atoms with Crippen LogP contribution in [0, 0.1) is 0 Å². The average Bonchev–Trinajstić information content (AvgIpc) is 3.23. The molecule has 0 aliphatic carbocycles. The number of hydrogen-bond acceptors (Lipinski definition) is 6. The van der Waals surface area contributed by atoms with Crippen LogP contribution in [0.15, 0.2) is 46.4 Å². The standard InChI is InChI=1S/C23H23BrF3N7O2/c1-5-12(2)29-21-30-18-10-33(19(35)14-6-7-17(24)16(9-14)23(25,26)27)13(3)8-15(18)20(36)34(21)22-31-28-11-32(22)4/h5-7,9,11-13H,1,8,10H2,2-4H3,(H,29,30)/t12-,13+/m0/s1. The number of carbonyl (C=O) groups excluding carboxylic acids is 1. The highest BCUT2D eigenvalue weighted by atomic mass is 79.9. The fourth-order valence-electron chi connectivity index (χ4n) is 4.00. The average molecular weight is 566 g/mol. The number of aromatic nitrogens is 5. The third kappa shape index (κ3) is 4.66. The fraction of sp³-hybridized carbons (Fsp3) is 0.348. The van der Waals surface area contributed by atoms with Crippen molar-refractivity contribution >= 4 is 27.8 Å². The summed E-state index contributed by atoms with van der Waals surface area (Å²) in [6.45, 7) is 7.26. The number of fused-ring (bicyclic) bond motifs is 1. The number of amides is 1. The van der Waals surface area contributed by atoms with Crippen molar-refractivity contribution in [2.24, 2.45) is 7.05 Å². The summed E-state index contributed by atoms with van der Waals surface area (Å²) in [5, 5.41) is 11.0. The summed E-state index contributed by atoms with van der Waals surface area (Å²) in [5.41, 5.74) is -0.647. The van der Waals surface area contributed by atoms with Crippen molar-refractivity contribution in [3.05, 3.63) is 74.4 Å². The lowest BCUT2D eigenvalue weighted by Gasteiger charge is -2.34. The van der Waals surface area contributed by atoms with Crippen LogP contribution in [0.5, 0.6) is 0 Å². The summed E-state index contributed by atoms with van der Waals surface area (Å²) in [6.07, 6.45) is -1.36. The van der Waals surface area contributed by atoms with Gasteiger partial charge in [0, 0.05) is 34.7 Å². The van der Waals surface area contributed by atoms with Crippen molar-refractivity contribution in [1.29, 1.82) is 0 Å². The first-order valence-electron chi connectivity index (χ1n) is 11.0. The second-order valence-electron chi connectivity index (χ2n) is 8.59. The zero-order valence-electron chi connectivity index (χ0n) is 19.7. The molecule has 3 heterocycles. The van der Waals surface area contributed by atoms with Gasteiger partial charge in [-0.05, 0) is 38.5 Å². The molecule has 13 heteroatoms. The molecule has 0 bridgehead atoms. The van der Waals surface area contributed by atoms with Crippen LogP contribution in [0.2, 0.25) is 0 Å². The van der Waals surface area contributed by atoms with Gasteiger partial charge in [0.25, 0.3) is 11.5 Å². The van der Waals surface area contributed by atoms with Crippen LogP contribution in [-0.4, -0.2) is 47.2 Å². The molecule has 3 aromatic rings. The first-order chi connectivity index (χ1) is 16.9. The fourth-order valence-corrected chi connectivity index (χ4v) is 4.47. The predicted octanol–water partition coefficient (Wildman–Crippen LogP) is 3.72. The number of hydrogen-bond donors (Lipinski definition) is 1. The minimum absolute atomic E-state index is 0.0429. The molecule has 0 spiro atoms. The van der Waals surface area contributed by atoms with E-state index in [1.807, 2.05) is 6.92 Å². The van der Waals surface area contributed by atoms with E-state index in [-0.39, 0.29) is 46.5 Å². The maximum atomic E-state index is 13.6. The minimum atomic E-state index is -4.62. The van der Waals surface area contributed by atoms with Gasteiger partial charge >= 0.3 is 6.18 Å². The number of aryl methyl sites for hydroxylation is 1. The summed E-state index contributed by atoms with van der Waals surface area (Å²) < 4.78 is 42.9. The van der Waals surface area contributed by atoms with Crippen LogP contribution < -0.4 is 10.9 Å². The zero-order chi connectivity index (χ0) is 26.4. The highest BCUT2D eigenvalue weighted by Gasteiger charge is 2.36. The molecule has 9 nitrogen and oxygen atoms in total. The van der Waals surface area contributed by atoms with E-state index in [1.165, 1.54) is 27.9 Å². The Balaban J connectivity index is 1.77. The normalized spacial score (nSPS) is 16.4. The molecule has 2 atom stereocenters. The third-order valence-electron chi connectivity index (χ3n) is 5.99. The Kier molecular flexibility index (Phi) is 6.78. The molecule has 0 saturated carbocycles. The molecule has 4 rings (SSSR count). The Bertz CT molecular complexity index is 1400. The molecule has 1 amide bonds. The van der Waals surface area contributed by atoms with Gasteiger partial charge in [0.05, 0.1) is 17.8 Å². The second-order valence-corrected chi connectivity index (χ2v) is 9.44. The van der Waals surface area contributed by atoms with Crippen molar-refractivity contribution in [2.45, 2.75) is 45.1 Å². The number of anilines is 1. The van der Waals surface area contributed by atoms with E-state index < -0.39 is 23.7 Å². The Hall–Kier alpha value is -3.48.